The van der Waals surface area contributed by atoms with Crippen LogP contribution in [-0.4, -0.2) is 25.6 Å². The van der Waals surface area contributed by atoms with Crippen molar-refractivity contribution in [3.8, 4) is 11.8 Å². The van der Waals surface area contributed by atoms with Crippen LogP contribution in [0.4, 0.5) is 10.8 Å². The third-order valence-electron chi connectivity index (χ3n) is 5.39. The molecule has 162 valence electrons. The van der Waals surface area contributed by atoms with Crippen LogP contribution in [0.15, 0.2) is 48.2 Å². The molecule has 3 aromatic rings. The van der Waals surface area contributed by atoms with Crippen molar-refractivity contribution in [2.45, 2.75) is 38.0 Å². The summed E-state index contributed by atoms with van der Waals surface area (Å²) < 4.78 is 1.74. The van der Waals surface area contributed by atoms with Gasteiger partial charge < -0.3 is 4.57 Å². The molecule has 9 nitrogen and oxygen atoms in total. The molecule has 10 heteroatoms. The molecule has 1 fully saturated rings. The van der Waals surface area contributed by atoms with Gasteiger partial charge in [-0.2, -0.15) is 5.26 Å². The lowest BCUT2D eigenvalue weighted by Crippen LogP contribution is -2.13. The number of benzene rings is 1. The van der Waals surface area contributed by atoms with Gasteiger partial charge in [-0.1, -0.05) is 30.6 Å². The molecule has 0 bridgehead atoms. The summed E-state index contributed by atoms with van der Waals surface area (Å²) in [5.41, 5.74) is 1.16. The summed E-state index contributed by atoms with van der Waals surface area (Å²) in [5.74, 6) is -0.168. The van der Waals surface area contributed by atoms with E-state index in [1.54, 1.807) is 35.0 Å². The Morgan fingerprint density at radius 1 is 1.22 bits per heavy atom. The van der Waals surface area contributed by atoms with Gasteiger partial charge in [-0.05, 0) is 43.2 Å². The average molecular weight is 449 g/mol. The topological polar surface area (TPSA) is 127 Å². The minimum absolute atomic E-state index is 0.0141. The van der Waals surface area contributed by atoms with Crippen LogP contribution in [0.2, 0.25) is 0 Å². The number of nitrogens with zero attached hydrogens (tertiary/aromatic N) is 5. The fourth-order valence-electron chi connectivity index (χ4n) is 3.74. The highest BCUT2D eigenvalue weighted by molar-refractivity contribution is 7.15. The van der Waals surface area contributed by atoms with E-state index in [1.807, 2.05) is 6.07 Å². The van der Waals surface area contributed by atoms with Crippen molar-refractivity contribution in [3.63, 3.8) is 0 Å². The Morgan fingerprint density at radius 2 is 1.97 bits per heavy atom. The van der Waals surface area contributed by atoms with Gasteiger partial charge in [0.1, 0.15) is 16.6 Å². The van der Waals surface area contributed by atoms with E-state index in [2.05, 4.69) is 15.5 Å². The van der Waals surface area contributed by atoms with Crippen molar-refractivity contribution < 1.29 is 9.72 Å². The van der Waals surface area contributed by atoms with Gasteiger partial charge in [0.25, 0.3) is 11.6 Å². The predicted octanol–water partition coefficient (Wildman–Crippen LogP) is 4.83. The number of hydrogen-bond donors (Lipinski definition) is 1. The van der Waals surface area contributed by atoms with Crippen LogP contribution in [0.1, 0.15) is 48.7 Å². The first-order valence-corrected chi connectivity index (χ1v) is 11.1. The Balaban J connectivity index is 1.51. The van der Waals surface area contributed by atoms with Crippen LogP contribution in [0.25, 0.3) is 11.8 Å². The number of aromatic nitrogens is 3. The number of carbonyl (C=O) groups is 1. The smallest absolute Gasteiger partial charge is 0.269 e. The van der Waals surface area contributed by atoms with Crippen molar-refractivity contribution in [2.75, 3.05) is 5.32 Å². The Morgan fingerprint density at radius 3 is 2.66 bits per heavy atom. The molecule has 1 aromatic carbocycles. The zero-order valence-electron chi connectivity index (χ0n) is 17.1. The fraction of sp³-hybridized carbons (Fsp3) is 0.273. The van der Waals surface area contributed by atoms with Crippen molar-refractivity contribution in [3.05, 3.63) is 69.0 Å². The number of rotatable bonds is 6. The monoisotopic (exact) mass is 448 g/mol. The summed E-state index contributed by atoms with van der Waals surface area (Å²) in [7, 11) is 0. The summed E-state index contributed by atoms with van der Waals surface area (Å²) in [6.07, 6.45) is 9.01. The van der Waals surface area contributed by atoms with Gasteiger partial charge >= 0.3 is 0 Å². The first-order valence-electron chi connectivity index (χ1n) is 10.2. The Bertz CT molecular complexity index is 1200. The molecule has 0 aliphatic heterocycles. The van der Waals surface area contributed by atoms with E-state index in [-0.39, 0.29) is 11.3 Å². The van der Waals surface area contributed by atoms with Crippen LogP contribution < -0.4 is 5.32 Å². The first kappa shape index (κ1) is 21.4. The molecule has 2 aromatic heterocycles. The quantitative estimate of drug-likeness (QED) is 0.249. The van der Waals surface area contributed by atoms with Crippen molar-refractivity contribution in [1.29, 1.82) is 5.26 Å². The molecule has 0 spiro atoms. The van der Waals surface area contributed by atoms with Gasteiger partial charge in [-0.25, -0.2) is 0 Å². The lowest BCUT2D eigenvalue weighted by atomic mass is 9.90. The van der Waals surface area contributed by atoms with Crippen LogP contribution in [-0.2, 0) is 4.79 Å². The zero-order chi connectivity index (χ0) is 22.5. The highest BCUT2D eigenvalue weighted by Gasteiger charge is 2.21. The number of carbonyl (C=O) groups excluding carboxylic acids is 1. The number of nitro benzene ring substituents is 1. The highest BCUT2D eigenvalue weighted by Crippen LogP contribution is 2.35. The second kappa shape index (κ2) is 9.53. The number of nitriles is 1. The van der Waals surface area contributed by atoms with E-state index in [0.717, 1.165) is 17.8 Å². The lowest BCUT2D eigenvalue weighted by molar-refractivity contribution is -0.384. The van der Waals surface area contributed by atoms with E-state index >= 15 is 0 Å². The predicted molar refractivity (Wildman–Crippen MR) is 120 cm³/mol. The van der Waals surface area contributed by atoms with Crippen molar-refractivity contribution >= 4 is 34.1 Å². The summed E-state index contributed by atoms with van der Waals surface area (Å²) in [6, 6.07) is 11.5. The number of nitro groups is 1. The van der Waals surface area contributed by atoms with Crippen LogP contribution >= 0.6 is 11.3 Å². The first-order chi connectivity index (χ1) is 15.5. The van der Waals surface area contributed by atoms with E-state index in [0.29, 0.717) is 22.4 Å². The lowest BCUT2D eigenvalue weighted by Gasteiger charge is -2.18. The van der Waals surface area contributed by atoms with Crippen LogP contribution in [0.5, 0.6) is 0 Å². The molecule has 1 aliphatic rings. The molecule has 1 aliphatic carbocycles. The molecule has 2 heterocycles. The normalized spacial score (nSPS) is 14.7. The summed E-state index contributed by atoms with van der Waals surface area (Å²) >= 11 is 1.36. The number of amides is 1. The third kappa shape index (κ3) is 4.73. The Hall–Kier alpha value is -3.84. The molecule has 32 heavy (non-hydrogen) atoms. The maximum absolute atomic E-state index is 12.7. The van der Waals surface area contributed by atoms with Crippen LogP contribution in [0, 0.1) is 21.4 Å². The second-order valence-electron chi connectivity index (χ2n) is 7.48. The van der Waals surface area contributed by atoms with E-state index in [9.17, 15) is 20.2 Å². The maximum atomic E-state index is 12.7. The van der Waals surface area contributed by atoms with E-state index < -0.39 is 10.8 Å². The molecule has 0 atom stereocenters. The summed E-state index contributed by atoms with van der Waals surface area (Å²) in [4.78, 5) is 23.1. The van der Waals surface area contributed by atoms with E-state index in [1.165, 1.54) is 48.8 Å². The van der Waals surface area contributed by atoms with Gasteiger partial charge in [-0.15, -0.1) is 10.2 Å². The molecular formula is C22H20N6O3S. The standard InChI is InChI=1S/C22H20N6O3S/c23-14-16(20(29)24-22-26-25-21(32-22)15-5-2-1-3-6-15)13-19-7-4-12-27(19)17-8-10-18(11-9-17)28(30)31/h4,7-13,15H,1-3,5-6H2,(H,24,26,29). The van der Waals surface area contributed by atoms with E-state index in [4.69, 9.17) is 0 Å². The Kier molecular flexibility index (Phi) is 6.37. The summed E-state index contributed by atoms with van der Waals surface area (Å²) in [6.45, 7) is 0. The molecule has 1 saturated carbocycles. The minimum Gasteiger partial charge on any atom is -0.317 e. The van der Waals surface area contributed by atoms with Crippen LogP contribution in [0.3, 0.4) is 0 Å². The van der Waals surface area contributed by atoms with Gasteiger partial charge in [0.2, 0.25) is 5.13 Å². The third-order valence-corrected chi connectivity index (χ3v) is 6.39. The fourth-order valence-corrected chi connectivity index (χ4v) is 4.65. The maximum Gasteiger partial charge on any atom is 0.269 e. The van der Waals surface area contributed by atoms with Crippen molar-refractivity contribution in [1.82, 2.24) is 14.8 Å². The number of non-ortho nitro benzene ring substituents is 1. The van der Waals surface area contributed by atoms with Gasteiger partial charge in [0.05, 0.1) is 4.92 Å². The molecule has 0 radical (unpaired) electrons. The molecule has 0 unspecified atom stereocenters. The van der Waals surface area contributed by atoms with Gasteiger partial charge in [0.15, 0.2) is 0 Å². The van der Waals surface area contributed by atoms with Crippen molar-refractivity contribution in [2.24, 2.45) is 0 Å². The van der Waals surface area contributed by atoms with Gasteiger partial charge in [0, 0.05) is 35.6 Å². The molecule has 0 saturated heterocycles. The number of nitrogens with one attached hydrogen (secondary N) is 1. The number of anilines is 1. The second-order valence-corrected chi connectivity index (χ2v) is 8.49. The minimum atomic E-state index is -0.560. The van der Waals surface area contributed by atoms with Gasteiger partial charge in [-0.3, -0.25) is 20.2 Å². The zero-order valence-corrected chi connectivity index (χ0v) is 17.9. The molecule has 1 amide bonds. The summed E-state index contributed by atoms with van der Waals surface area (Å²) in [5, 5.41) is 32.7. The average Bonchev–Trinajstić information content (AvgIpc) is 3.47. The SMILES string of the molecule is N#CC(=Cc1cccn1-c1ccc([N+](=O)[O-])cc1)C(=O)Nc1nnc(C2CCCCC2)s1. The molecular weight excluding hydrogens is 428 g/mol. The number of hydrogen-bond acceptors (Lipinski definition) is 7. The largest absolute Gasteiger partial charge is 0.317 e. The highest BCUT2D eigenvalue weighted by atomic mass is 32.1. The molecule has 1 N–H and O–H groups in total. The molecule has 4 rings (SSSR count). The Labute approximate surface area is 188 Å².